The number of hydrogen-bond donors (Lipinski definition) is 2. The average molecular weight is 435 g/mol. The number of aromatic nitrogens is 1. The summed E-state index contributed by atoms with van der Waals surface area (Å²) in [4.78, 5) is 45.0. The van der Waals surface area contributed by atoms with E-state index in [-0.39, 0.29) is 23.6 Å². The topological polar surface area (TPSA) is 91.4 Å². The summed E-state index contributed by atoms with van der Waals surface area (Å²) in [6, 6.07) is 8.45. The molecule has 7 nitrogen and oxygen atoms in total. The number of para-hydroxylation sites is 1. The van der Waals surface area contributed by atoms with Gasteiger partial charge in [0.15, 0.2) is 0 Å². The minimum atomic E-state index is -0.626. The van der Waals surface area contributed by atoms with E-state index in [9.17, 15) is 14.4 Å². The molecule has 168 valence electrons. The number of carbonyl (C=O) groups is 3. The number of amides is 3. The van der Waals surface area contributed by atoms with E-state index in [1.165, 1.54) is 0 Å². The molecule has 7 heteroatoms. The lowest BCUT2D eigenvalue weighted by atomic mass is 10.0. The number of benzene rings is 1. The largest absolute Gasteiger partial charge is 0.350 e. The minimum Gasteiger partial charge on any atom is -0.350 e. The van der Waals surface area contributed by atoms with Crippen molar-refractivity contribution in [1.29, 1.82) is 0 Å². The van der Waals surface area contributed by atoms with Gasteiger partial charge in [0.25, 0.3) is 0 Å². The molecule has 0 saturated heterocycles. The molecule has 0 spiro atoms. The van der Waals surface area contributed by atoms with E-state index in [2.05, 4.69) is 15.6 Å². The molecule has 3 atom stereocenters. The van der Waals surface area contributed by atoms with Crippen molar-refractivity contribution < 1.29 is 14.4 Å². The molecule has 32 heavy (non-hydrogen) atoms. The summed E-state index contributed by atoms with van der Waals surface area (Å²) in [5.74, 6) is -0.248. The average Bonchev–Trinajstić information content (AvgIpc) is 3.14. The highest BCUT2D eigenvalue weighted by molar-refractivity contribution is 6.07. The molecule has 0 radical (unpaired) electrons. The van der Waals surface area contributed by atoms with Crippen LogP contribution in [0.15, 0.2) is 42.7 Å². The van der Waals surface area contributed by atoms with Crippen molar-refractivity contribution >= 4 is 23.4 Å². The van der Waals surface area contributed by atoms with Crippen molar-refractivity contribution in [1.82, 2.24) is 15.6 Å². The number of anilines is 1. The van der Waals surface area contributed by atoms with Crippen molar-refractivity contribution in [2.45, 2.75) is 64.6 Å². The molecule has 0 bridgehead atoms. The Morgan fingerprint density at radius 3 is 2.78 bits per heavy atom. The monoisotopic (exact) mass is 434 g/mol. The van der Waals surface area contributed by atoms with E-state index in [1.807, 2.05) is 44.2 Å². The van der Waals surface area contributed by atoms with Crippen LogP contribution in [0.2, 0.25) is 0 Å². The molecule has 2 aliphatic heterocycles. The first-order valence-electron chi connectivity index (χ1n) is 11.4. The molecule has 1 aromatic heterocycles. The number of nitrogens with zero attached hydrogens (tertiary/aromatic N) is 2. The third kappa shape index (κ3) is 4.52. The summed E-state index contributed by atoms with van der Waals surface area (Å²) >= 11 is 0. The standard InChI is InChI=1S/C25H30N4O3/c1-3-16(2)12-22(30)28-20-10-9-18-7-4-8-19-13-21(29(23(18)19)25(20)32)24(31)27-15-17-6-5-11-26-14-17/h4-8,11,14,16,20-21H,3,9-10,12-13,15H2,1-2H3,(H,27,31)(H,28,30). The number of hydrogen-bond acceptors (Lipinski definition) is 4. The molecule has 0 fully saturated rings. The normalized spacial score (nSPS) is 20.3. The fourth-order valence-electron chi connectivity index (χ4n) is 4.50. The molecule has 2 N–H and O–H groups in total. The number of rotatable bonds is 7. The maximum atomic E-state index is 13.6. The van der Waals surface area contributed by atoms with Gasteiger partial charge in [-0.2, -0.15) is 0 Å². The highest BCUT2D eigenvalue weighted by atomic mass is 16.2. The lowest BCUT2D eigenvalue weighted by Crippen LogP contribution is -2.54. The fraction of sp³-hybridized carbons (Fsp3) is 0.440. The van der Waals surface area contributed by atoms with E-state index < -0.39 is 12.1 Å². The Hall–Kier alpha value is -3.22. The fourth-order valence-corrected chi connectivity index (χ4v) is 4.50. The van der Waals surface area contributed by atoms with Crippen LogP contribution in [0.3, 0.4) is 0 Å². The second-order valence-corrected chi connectivity index (χ2v) is 8.81. The van der Waals surface area contributed by atoms with Crippen molar-refractivity contribution in [2.75, 3.05) is 4.90 Å². The van der Waals surface area contributed by atoms with Crippen LogP contribution in [0.5, 0.6) is 0 Å². The number of nitrogens with one attached hydrogen (secondary N) is 2. The molecule has 3 heterocycles. The molecule has 3 unspecified atom stereocenters. The summed E-state index contributed by atoms with van der Waals surface area (Å²) in [5.41, 5.74) is 3.80. The second-order valence-electron chi connectivity index (χ2n) is 8.81. The van der Waals surface area contributed by atoms with Crippen molar-refractivity contribution in [2.24, 2.45) is 5.92 Å². The van der Waals surface area contributed by atoms with Gasteiger partial charge < -0.3 is 10.6 Å². The first-order chi connectivity index (χ1) is 15.5. The summed E-state index contributed by atoms with van der Waals surface area (Å²) in [6.45, 7) is 4.43. The Morgan fingerprint density at radius 2 is 2.03 bits per heavy atom. The Bertz CT molecular complexity index is 1010. The summed E-state index contributed by atoms with van der Waals surface area (Å²) in [7, 11) is 0. The van der Waals surface area contributed by atoms with Gasteiger partial charge in [-0.1, -0.05) is 44.5 Å². The van der Waals surface area contributed by atoms with Crippen molar-refractivity contribution in [3.05, 3.63) is 59.4 Å². The SMILES string of the molecule is CCC(C)CC(=O)NC1CCc2cccc3c2N(C1=O)C(C(=O)NCc1cccnc1)C3. The Labute approximate surface area is 188 Å². The van der Waals surface area contributed by atoms with Crippen LogP contribution < -0.4 is 15.5 Å². The first-order valence-corrected chi connectivity index (χ1v) is 11.4. The molecule has 0 saturated carbocycles. The van der Waals surface area contributed by atoms with Crippen LogP contribution in [0, 0.1) is 5.92 Å². The van der Waals surface area contributed by atoms with Gasteiger partial charge in [-0.05, 0) is 41.5 Å². The summed E-state index contributed by atoms with van der Waals surface area (Å²) in [6.07, 6.45) is 6.39. The summed E-state index contributed by atoms with van der Waals surface area (Å²) < 4.78 is 0. The van der Waals surface area contributed by atoms with Crippen LogP contribution >= 0.6 is 0 Å². The molecule has 2 aromatic rings. The van der Waals surface area contributed by atoms with Crippen LogP contribution in [0.1, 0.15) is 49.8 Å². The smallest absolute Gasteiger partial charge is 0.250 e. The van der Waals surface area contributed by atoms with E-state index >= 15 is 0 Å². The zero-order valence-corrected chi connectivity index (χ0v) is 18.6. The molecule has 4 rings (SSSR count). The molecular formula is C25H30N4O3. The van der Waals surface area contributed by atoms with Gasteiger partial charge in [0.1, 0.15) is 12.1 Å². The highest BCUT2D eigenvalue weighted by Crippen LogP contribution is 2.39. The molecule has 0 aliphatic carbocycles. The van der Waals surface area contributed by atoms with Crippen LogP contribution in [-0.2, 0) is 33.8 Å². The summed E-state index contributed by atoms with van der Waals surface area (Å²) in [5, 5.41) is 5.90. The number of aryl methyl sites for hydroxylation is 1. The molecule has 3 amide bonds. The highest BCUT2D eigenvalue weighted by Gasteiger charge is 2.43. The Morgan fingerprint density at radius 1 is 1.22 bits per heavy atom. The second kappa shape index (κ2) is 9.51. The number of carbonyl (C=O) groups excluding carboxylic acids is 3. The van der Waals surface area contributed by atoms with Gasteiger partial charge >= 0.3 is 0 Å². The zero-order chi connectivity index (χ0) is 22.7. The molecule has 2 aliphatic rings. The van der Waals surface area contributed by atoms with Gasteiger partial charge in [-0.3, -0.25) is 24.3 Å². The van der Waals surface area contributed by atoms with Gasteiger partial charge in [0, 0.05) is 31.8 Å². The maximum absolute atomic E-state index is 13.6. The molecular weight excluding hydrogens is 404 g/mol. The van der Waals surface area contributed by atoms with Gasteiger partial charge in [0.05, 0.1) is 5.69 Å². The lowest BCUT2D eigenvalue weighted by Gasteiger charge is -2.28. The third-order valence-corrected chi connectivity index (χ3v) is 6.47. The zero-order valence-electron chi connectivity index (χ0n) is 18.6. The maximum Gasteiger partial charge on any atom is 0.250 e. The van der Waals surface area contributed by atoms with Crippen LogP contribution in [0.4, 0.5) is 5.69 Å². The van der Waals surface area contributed by atoms with Gasteiger partial charge in [-0.15, -0.1) is 0 Å². The molecule has 1 aromatic carbocycles. The quantitative estimate of drug-likeness (QED) is 0.701. The van der Waals surface area contributed by atoms with Crippen LogP contribution in [0.25, 0.3) is 0 Å². The lowest BCUT2D eigenvalue weighted by molar-refractivity contribution is -0.129. The Balaban J connectivity index is 1.54. The Kier molecular flexibility index (Phi) is 6.53. The van der Waals surface area contributed by atoms with E-state index in [1.54, 1.807) is 17.3 Å². The first kappa shape index (κ1) is 22.0. The minimum absolute atomic E-state index is 0.111. The predicted molar refractivity (Wildman–Crippen MR) is 122 cm³/mol. The van der Waals surface area contributed by atoms with E-state index in [0.717, 1.165) is 28.8 Å². The van der Waals surface area contributed by atoms with Gasteiger partial charge in [0.2, 0.25) is 17.7 Å². The predicted octanol–water partition coefficient (Wildman–Crippen LogP) is 2.52. The number of pyridine rings is 1. The van der Waals surface area contributed by atoms with Crippen molar-refractivity contribution in [3.8, 4) is 0 Å². The van der Waals surface area contributed by atoms with E-state index in [4.69, 9.17) is 0 Å². The van der Waals surface area contributed by atoms with E-state index in [0.29, 0.717) is 32.2 Å². The van der Waals surface area contributed by atoms with Gasteiger partial charge in [-0.25, -0.2) is 0 Å². The third-order valence-electron chi connectivity index (χ3n) is 6.47. The van der Waals surface area contributed by atoms with Crippen molar-refractivity contribution in [3.63, 3.8) is 0 Å². The van der Waals surface area contributed by atoms with Crippen LogP contribution in [-0.4, -0.2) is 34.8 Å².